The molecule has 0 radical (unpaired) electrons. The summed E-state index contributed by atoms with van der Waals surface area (Å²) >= 11 is 8.84. The van der Waals surface area contributed by atoms with Crippen molar-refractivity contribution < 1.29 is 12.8 Å². The van der Waals surface area contributed by atoms with Gasteiger partial charge in [-0.2, -0.15) is 0 Å². The van der Waals surface area contributed by atoms with E-state index in [1.54, 1.807) is 13.0 Å². The van der Waals surface area contributed by atoms with Gasteiger partial charge in [0.05, 0.1) is 15.6 Å². The first kappa shape index (κ1) is 16.1. The number of nitrogens with one attached hydrogen (secondary N) is 1. The molecule has 3 N–H and O–H groups in total. The van der Waals surface area contributed by atoms with Crippen molar-refractivity contribution in [2.75, 3.05) is 10.5 Å². The molecule has 0 spiro atoms. The van der Waals surface area contributed by atoms with Crippen LogP contribution in [0.25, 0.3) is 0 Å². The van der Waals surface area contributed by atoms with Gasteiger partial charge in [-0.15, -0.1) is 0 Å². The molecule has 2 aromatic carbocycles. The van der Waals surface area contributed by atoms with Crippen LogP contribution in [0.5, 0.6) is 0 Å². The van der Waals surface area contributed by atoms with Gasteiger partial charge in [-0.25, -0.2) is 12.8 Å². The second-order valence-corrected chi connectivity index (χ2v) is 7.33. The van der Waals surface area contributed by atoms with Gasteiger partial charge in [0.1, 0.15) is 5.82 Å². The number of hydrogen-bond donors (Lipinski definition) is 2. The van der Waals surface area contributed by atoms with Crippen LogP contribution in [0, 0.1) is 12.7 Å². The highest BCUT2D eigenvalue weighted by atomic mass is 79.9. The predicted molar refractivity (Wildman–Crippen MR) is 85.5 cm³/mol. The molecule has 2 rings (SSSR count). The first-order valence-electron chi connectivity index (χ1n) is 5.74. The highest BCUT2D eigenvalue weighted by Gasteiger charge is 2.19. The predicted octanol–water partition coefficient (Wildman–Crippen LogP) is 3.93. The SMILES string of the molecule is Cc1c(N)cc(Br)cc1S(=O)(=O)Nc1ccc(F)c(Cl)c1. The summed E-state index contributed by atoms with van der Waals surface area (Å²) in [6.07, 6.45) is 0. The van der Waals surface area contributed by atoms with E-state index in [9.17, 15) is 12.8 Å². The van der Waals surface area contributed by atoms with E-state index in [4.69, 9.17) is 17.3 Å². The molecule has 0 aromatic heterocycles. The number of benzene rings is 2. The maximum atomic E-state index is 13.1. The summed E-state index contributed by atoms with van der Waals surface area (Å²) in [5.74, 6) is -0.623. The average Bonchev–Trinajstić information content (AvgIpc) is 2.37. The number of nitrogens with two attached hydrogens (primary N) is 1. The molecule has 0 fully saturated rings. The fourth-order valence-electron chi connectivity index (χ4n) is 1.72. The van der Waals surface area contributed by atoms with Crippen molar-refractivity contribution in [2.45, 2.75) is 11.8 Å². The van der Waals surface area contributed by atoms with Gasteiger partial charge in [-0.05, 0) is 42.8 Å². The second kappa shape index (κ2) is 5.82. The lowest BCUT2D eigenvalue weighted by atomic mass is 10.2. The van der Waals surface area contributed by atoms with Crippen molar-refractivity contribution in [3.8, 4) is 0 Å². The lowest BCUT2D eigenvalue weighted by molar-refractivity contribution is 0.600. The summed E-state index contributed by atoms with van der Waals surface area (Å²) in [6, 6.07) is 6.63. The smallest absolute Gasteiger partial charge is 0.262 e. The standard InChI is InChI=1S/C13H11BrClFN2O2S/c1-7-12(17)4-8(14)5-13(7)21(19,20)18-9-2-3-11(16)10(15)6-9/h2-6,18H,17H2,1H3. The zero-order chi connectivity index (χ0) is 15.8. The normalized spacial score (nSPS) is 11.4. The quantitative estimate of drug-likeness (QED) is 0.776. The summed E-state index contributed by atoms with van der Waals surface area (Å²) in [6.45, 7) is 1.61. The van der Waals surface area contributed by atoms with E-state index in [1.165, 1.54) is 18.2 Å². The Balaban J connectivity index is 2.45. The molecule has 0 aliphatic carbocycles. The van der Waals surface area contributed by atoms with Gasteiger partial charge in [0.15, 0.2) is 0 Å². The monoisotopic (exact) mass is 392 g/mol. The van der Waals surface area contributed by atoms with Gasteiger partial charge in [-0.1, -0.05) is 27.5 Å². The number of nitrogen functional groups attached to an aromatic ring is 1. The van der Waals surface area contributed by atoms with E-state index < -0.39 is 15.8 Å². The van der Waals surface area contributed by atoms with Gasteiger partial charge >= 0.3 is 0 Å². The van der Waals surface area contributed by atoms with Crippen LogP contribution in [0.3, 0.4) is 0 Å². The third kappa shape index (κ3) is 3.48. The maximum Gasteiger partial charge on any atom is 0.262 e. The number of halogens is 3. The van der Waals surface area contributed by atoms with Gasteiger partial charge in [0.25, 0.3) is 10.0 Å². The number of rotatable bonds is 3. The highest BCUT2D eigenvalue weighted by molar-refractivity contribution is 9.10. The topological polar surface area (TPSA) is 72.2 Å². The highest BCUT2D eigenvalue weighted by Crippen LogP contribution is 2.28. The van der Waals surface area contributed by atoms with E-state index in [-0.39, 0.29) is 15.6 Å². The van der Waals surface area contributed by atoms with Crippen LogP contribution in [0.15, 0.2) is 39.7 Å². The molecule has 0 unspecified atom stereocenters. The molecule has 0 amide bonds. The van der Waals surface area contributed by atoms with Crippen molar-refractivity contribution in [3.63, 3.8) is 0 Å². The molecule has 4 nitrogen and oxygen atoms in total. The molecular formula is C13H11BrClFN2O2S. The van der Waals surface area contributed by atoms with Crippen LogP contribution in [0.2, 0.25) is 5.02 Å². The first-order chi connectivity index (χ1) is 9.70. The van der Waals surface area contributed by atoms with Gasteiger partial charge in [0.2, 0.25) is 0 Å². The van der Waals surface area contributed by atoms with Crippen LogP contribution >= 0.6 is 27.5 Å². The van der Waals surface area contributed by atoms with Crippen molar-refractivity contribution in [1.82, 2.24) is 0 Å². The summed E-state index contributed by atoms with van der Waals surface area (Å²) in [4.78, 5) is 0.0369. The summed E-state index contributed by atoms with van der Waals surface area (Å²) in [5.41, 5.74) is 6.71. The molecule has 0 heterocycles. The summed E-state index contributed by atoms with van der Waals surface area (Å²) in [7, 11) is -3.86. The summed E-state index contributed by atoms with van der Waals surface area (Å²) in [5, 5.41) is -0.166. The molecule has 0 saturated carbocycles. The number of hydrogen-bond acceptors (Lipinski definition) is 3. The minimum absolute atomic E-state index is 0.0369. The first-order valence-corrected chi connectivity index (χ1v) is 8.39. The van der Waals surface area contributed by atoms with E-state index in [0.717, 1.165) is 6.07 Å². The Morgan fingerprint density at radius 2 is 1.95 bits per heavy atom. The molecule has 112 valence electrons. The molecule has 0 bridgehead atoms. The Kier molecular flexibility index (Phi) is 4.46. The maximum absolute atomic E-state index is 13.1. The van der Waals surface area contributed by atoms with Crippen molar-refractivity contribution >= 4 is 48.9 Å². The van der Waals surface area contributed by atoms with Crippen molar-refractivity contribution in [3.05, 3.63) is 51.2 Å². The Hall–Kier alpha value is -1.31. The second-order valence-electron chi connectivity index (χ2n) is 4.35. The Bertz CT molecular complexity index is 812. The lowest BCUT2D eigenvalue weighted by Crippen LogP contribution is -2.15. The molecule has 0 aliphatic rings. The fraction of sp³-hybridized carbons (Fsp3) is 0.0769. The fourth-order valence-corrected chi connectivity index (χ4v) is 3.88. The van der Waals surface area contributed by atoms with Gasteiger partial charge < -0.3 is 5.73 Å². The van der Waals surface area contributed by atoms with Gasteiger partial charge in [0, 0.05) is 10.2 Å². The molecule has 2 aromatic rings. The zero-order valence-corrected chi connectivity index (χ0v) is 14.0. The third-order valence-electron chi connectivity index (χ3n) is 2.83. The molecule has 0 saturated heterocycles. The van der Waals surface area contributed by atoms with E-state index in [2.05, 4.69) is 20.7 Å². The third-order valence-corrected chi connectivity index (χ3v) is 5.08. The van der Waals surface area contributed by atoms with Crippen molar-refractivity contribution in [2.24, 2.45) is 0 Å². The largest absolute Gasteiger partial charge is 0.398 e. The van der Waals surface area contributed by atoms with Crippen LogP contribution in [-0.4, -0.2) is 8.42 Å². The summed E-state index contributed by atoms with van der Waals surface area (Å²) < 4.78 is 40.8. The van der Waals surface area contributed by atoms with E-state index >= 15 is 0 Å². The molecule has 8 heteroatoms. The number of sulfonamides is 1. The van der Waals surface area contributed by atoms with Crippen molar-refractivity contribution in [1.29, 1.82) is 0 Å². The Morgan fingerprint density at radius 1 is 1.29 bits per heavy atom. The number of anilines is 2. The van der Waals surface area contributed by atoms with Crippen LogP contribution in [0.4, 0.5) is 15.8 Å². The van der Waals surface area contributed by atoms with Crippen LogP contribution < -0.4 is 10.5 Å². The molecule has 0 atom stereocenters. The Labute approximate surface area is 135 Å². The molecule has 0 aliphatic heterocycles. The van der Waals surface area contributed by atoms with Gasteiger partial charge in [-0.3, -0.25) is 4.72 Å². The minimum atomic E-state index is -3.86. The molecular weight excluding hydrogens is 383 g/mol. The van der Waals surface area contributed by atoms with Crippen LogP contribution in [-0.2, 0) is 10.0 Å². The lowest BCUT2D eigenvalue weighted by Gasteiger charge is -2.13. The van der Waals surface area contributed by atoms with Crippen LogP contribution in [0.1, 0.15) is 5.56 Å². The zero-order valence-electron chi connectivity index (χ0n) is 10.8. The van der Waals surface area contributed by atoms with E-state index in [0.29, 0.717) is 15.7 Å². The molecule has 21 heavy (non-hydrogen) atoms. The minimum Gasteiger partial charge on any atom is -0.398 e. The Morgan fingerprint density at radius 3 is 2.57 bits per heavy atom. The average molecular weight is 394 g/mol. The van der Waals surface area contributed by atoms with E-state index in [1.807, 2.05) is 0 Å².